The Hall–Kier alpha value is -2.83. The quantitative estimate of drug-likeness (QED) is 0.833. The zero-order valence-electron chi connectivity index (χ0n) is 15.2. The Labute approximate surface area is 152 Å². The van der Waals surface area contributed by atoms with Gasteiger partial charge in [-0.2, -0.15) is 0 Å². The SMILES string of the molecule is CCCNC(=O)c1nc(C(=O)Nc2ccccc2OC)c2n1CCCC2. The number of fused-ring (bicyclic) bond motifs is 1. The Morgan fingerprint density at radius 3 is 2.81 bits per heavy atom. The van der Waals surface area contributed by atoms with Crippen molar-refractivity contribution in [3.05, 3.63) is 41.5 Å². The third kappa shape index (κ3) is 3.56. The van der Waals surface area contributed by atoms with Gasteiger partial charge in [0.25, 0.3) is 11.8 Å². The van der Waals surface area contributed by atoms with Gasteiger partial charge < -0.3 is 19.9 Å². The van der Waals surface area contributed by atoms with Gasteiger partial charge >= 0.3 is 0 Å². The highest BCUT2D eigenvalue weighted by molar-refractivity contribution is 6.05. The van der Waals surface area contributed by atoms with Gasteiger partial charge in [0.05, 0.1) is 18.5 Å². The van der Waals surface area contributed by atoms with E-state index in [4.69, 9.17) is 4.74 Å². The summed E-state index contributed by atoms with van der Waals surface area (Å²) in [6.07, 6.45) is 3.55. The summed E-state index contributed by atoms with van der Waals surface area (Å²) in [5, 5.41) is 5.70. The third-order valence-electron chi connectivity index (χ3n) is 4.43. The summed E-state index contributed by atoms with van der Waals surface area (Å²) in [7, 11) is 1.56. The molecule has 0 bridgehead atoms. The molecule has 138 valence electrons. The van der Waals surface area contributed by atoms with Crippen LogP contribution in [-0.4, -0.2) is 35.0 Å². The fourth-order valence-corrected chi connectivity index (χ4v) is 3.15. The second-order valence-electron chi connectivity index (χ2n) is 6.25. The molecule has 1 aromatic heterocycles. The highest BCUT2D eigenvalue weighted by Crippen LogP contribution is 2.26. The summed E-state index contributed by atoms with van der Waals surface area (Å²) < 4.78 is 7.16. The Kier molecular flexibility index (Phi) is 5.55. The standard InChI is InChI=1S/C19H24N4O3/c1-3-11-20-19(25)17-22-16(14-9-6-7-12-23(14)17)18(24)21-13-8-4-5-10-15(13)26-2/h4-5,8,10H,3,6-7,9,11-12H2,1-2H3,(H,20,25)(H,21,24). The molecule has 1 aromatic carbocycles. The lowest BCUT2D eigenvalue weighted by Gasteiger charge is -2.17. The van der Waals surface area contributed by atoms with Crippen LogP contribution in [0.2, 0.25) is 0 Å². The number of anilines is 1. The van der Waals surface area contributed by atoms with Gasteiger partial charge in [-0.25, -0.2) is 4.98 Å². The van der Waals surface area contributed by atoms with Gasteiger partial charge in [0.2, 0.25) is 0 Å². The zero-order valence-corrected chi connectivity index (χ0v) is 15.2. The normalized spacial score (nSPS) is 13.0. The molecule has 7 heteroatoms. The molecule has 0 atom stereocenters. The summed E-state index contributed by atoms with van der Waals surface area (Å²) >= 11 is 0. The number of nitrogens with one attached hydrogen (secondary N) is 2. The molecule has 26 heavy (non-hydrogen) atoms. The Morgan fingerprint density at radius 1 is 1.23 bits per heavy atom. The molecule has 2 heterocycles. The van der Waals surface area contributed by atoms with Crippen LogP contribution in [0.1, 0.15) is 53.0 Å². The molecule has 0 aliphatic carbocycles. The number of imidazole rings is 1. The number of carbonyl (C=O) groups excluding carboxylic acids is 2. The van der Waals surface area contributed by atoms with Crippen LogP contribution in [0.5, 0.6) is 5.75 Å². The molecule has 0 fully saturated rings. The number of hydrogen-bond donors (Lipinski definition) is 2. The lowest BCUT2D eigenvalue weighted by Crippen LogP contribution is -2.28. The molecule has 2 amide bonds. The molecule has 0 unspecified atom stereocenters. The Balaban J connectivity index is 1.90. The number of hydrogen-bond acceptors (Lipinski definition) is 4. The number of nitrogens with zero attached hydrogens (tertiary/aromatic N) is 2. The van der Waals surface area contributed by atoms with Gasteiger partial charge in [0.15, 0.2) is 11.5 Å². The molecule has 1 aliphatic heterocycles. The smallest absolute Gasteiger partial charge is 0.287 e. The van der Waals surface area contributed by atoms with E-state index in [0.29, 0.717) is 36.0 Å². The van der Waals surface area contributed by atoms with Gasteiger partial charge in [0, 0.05) is 13.1 Å². The van der Waals surface area contributed by atoms with Gasteiger partial charge in [-0.15, -0.1) is 0 Å². The maximum Gasteiger partial charge on any atom is 0.287 e. The predicted octanol–water partition coefficient (Wildman–Crippen LogP) is 2.62. The number of rotatable bonds is 6. The van der Waals surface area contributed by atoms with Crippen molar-refractivity contribution in [3.8, 4) is 5.75 Å². The van der Waals surface area contributed by atoms with Crippen molar-refractivity contribution in [3.63, 3.8) is 0 Å². The maximum absolute atomic E-state index is 12.8. The first kappa shape index (κ1) is 18.0. The summed E-state index contributed by atoms with van der Waals surface area (Å²) in [5.74, 6) is 0.342. The minimum Gasteiger partial charge on any atom is -0.495 e. The largest absolute Gasteiger partial charge is 0.495 e. The molecule has 2 N–H and O–H groups in total. The fourth-order valence-electron chi connectivity index (χ4n) is 3.15. The van der Waals surface area contributed by atoms with Crippen molar-refractivity contribution < 1.29 is 14.3 Å². The van der Waals surface area contributed by atoms with Crippen LogP contribution in [0, 0.1) is 0 Å². The van der Waals surface area contributed by atoms with E-state index in [0.717, 1.165) is 31.4 Å². The second kappa shape index (κ2) is 8.03. The number of amides is 2. The summed E-state index contributed by atoms with van der Waals surface area (Å²) in [6, 6.07) is 7.21. The highest BCUT2D eigenvalue weighted by atomic mass is 16.5. The highest BCUT2D eigenvalue weighted by Gasteiger charge is 2.27. The van der Waals surface area contributed by atoms with Crippen LogP contribution in [0.4, 0.5) is 5.69 Å². The summed E-state index contributed by atoms with van der Waals surface area (Å²) in [4.78, 5) is 29.6. The van der Waals surface area contributed by atoms with Gasteiger partial charge in [-0.05, 0) is 37.8 Å². The van der Waals surface area contributed by atoms with Crippen molar-refractivity contribution in [2.45, 2.75) is 39.2 Å². The average Bonchev–Trinajstić information content (AvgIpc) is 3.06. The molecule has 0 saturated carbocycles. The minimum absolute atomic E-state index is 0.230. The molecule has 0 radical (unpaired) electrons. The molecule has 7 nitrogen and oxygen atoms in total. The molecular formula is C19H24N4O3. The van der Waals surface area contributed by atoms with Crippen LogP contribution >= 0.6 is 0 Å². The van der Waals surface area contributed by atoms with Crippen LogP contribution in [0.3, 0.4) is 0 Å². The van der Waals surface area contributed by atoms with Gasteiger partial charge in [-0.3, -0.25) is 9.59 Å². The van der Waals surface area contributed by atoms with E-state index in [1.54, 1.807) is 19.2 Å². The molecule has 0 spiro atoms. The van der Waals surface area contributed by atoms with Crippen molar-refractivity contribution in [1.82, 2.24) is 14.9 Å². The summed E-state index contributed by atoms with van der Waals surface area (Å²) in [5.41, 5.74) is 1.72. The number of ether oxygens (including phenoxy) is 1. The van der Waals surface area contributed by atoms with Crippen LogP contribution in [0.25, 0.3) is 0 Å². The monoisotopic (exact) mass is 356 g/mol. The maximum atomic E-state index is 12.8. The van der Waals surface area contributed by atoms with E-state index in [-0.39, 0.29) is 11.8 Å². The molecule has 3 rings (SSSR count). The van der Waals surface area contributed by atoms with E-state index < -0.39 is 0 Å². The van der Waals surface area contributed by atoms with E-state index >= 15 is 0 Å². The first-order chi connectivity index (χ1) is 12.7. The van der Waals surface area contributed by atoms with E-state index in [2.05, 4.69) is 15.6 Å². The third-order valence-corrected chi connectivity index (χ3v) is 4.43. The first-order valence-corrected chi connectivity index (χ1v) is 8.97. The summed E-state index contributed by atoms with van der Waals surface area (Å²) in [6.45, 7) is 3.29. The lowest BCUT2D eigenvalue weighted by molar-refractivity contribution is 0.0937. The van der Waals surface area contributed by atoms with Crippen molar-refractivity contribution >= 4 is 17.5 Å². The number of carbonyl (C=O) groups is 2. The predicted molar refractivity (Wildman–Crippen MR) is 98.7 cm³/mol. The van der Waals surface area contributed by atoms with Crippen molar-refractivity contribution in [1.29, 1.82) is 0 Å². The van der Waals surface area contributed by atoms with Crippen molar-refractivity contribution in [2.75, 3.05) is 19.0 Å². The molecule has 2 aromatic rings. The lowest BCUT2D eigenvalue weighted by atomic mass is 10.1. The van der Waals surface area contributed by atoms with Gasteiger partial charge in [-0.1, -0.05) is 19.1 Å². The van der Waals surface area contributed by atoms with Crippen LogP contribution in [0.15, 0.2) is 24.3 Å². The Morgan fingerprint density at radius 2 is 2.04 bits per heavy atom. The average molecular weight is 356 g/mol. The van der Waals surface area contributed by atoms with E-state index in [1.807, 2.05) is 23.6 Å². The minimum atomic E-state index is -0.324. The molecule has 0 saturated heterocycles. The van der Waals surface area contributed by atoms with Gasteiger partial charge in [0.1, 0.15) is 5.75 Å². The number of benzene rings is 1. The zero-order chi connectivity index (χ0) is 18.5. The fraction of sp³-hybridized carbons (Fsp3) is 0.421. The van der Waals surface area contributed by atoms with Crippen LogP contribution < -0.4 is 15.4 Å². The molecule has 1 aliphatic rings. The molecular weight excluding hydrogens is 332 g/mol. The topological polar surface area (TPSA) is 85.2 Å². The number of aromatic nitrogens is 2. The number of methoxy groups -OCH3 is 1. The number of para-hydroxylation sites is 2. The van der Waals surface area contributed by atoms with E-state index in [9.17, 15) is 9.59 Å². The van der Waals surface area contributed by atoms with Crippen molar-refractivity contribution in [2.24, 2.45) is 0 Å². The van der Waals surface area contributed by atoms with Crippen LogP contribution in [-0.2, 0) is 13.0 Å². The Bertz CT molecular complexity index is 813. The first-order valence-electron chi connectivity index (χ1n) is 8.97. The second-order valence-corrected chi connectivity index (χ2v) is 6.25. The van der Waals surface area contributed by atoms with E-state index in [1.165, 1.54) is 0 Å².